The third kappa shape index (κ3) is 2.71. The number of rotatable bonds is 4. The molecule has 142 valence electrons. The van der Waals surface area contributed by atoms with Gasteiger partial charge in [-0.3, -0.25) is 4.98 Å². The summed E-state index contributed by atoms with van der Waals surface area (Å²) in [6, 6.07) is 10.5. The molecule has 1 aliphatic heterocycles. The average Bonchev–Trinajstić information content (AvgIpc) is 3.46. The lowest BCUT2D eigenvalue weighted by Crippen LogP contribution is -2.29. The monoisotopic (exact) mass is 395 g/mol. The molecule has 5 heterocycles. The van der Waals surface area contributed by atoms with Crippen LogP contribution in [0.1, 0.15) is 12.5 Å². The zero-order valence-corrected chi connectivity index (χ0v) is 15.7. The fourth-order valence-electron chi connectivity index (χ4n) is 3.64. The van der Waals surface area contributed by atoms with E-state index in [4.69, 9.17) is 4.42 Å². The largest absolute Gasteiger partial charge is 0.461 e. The molecule has 0 bridgehead atoms. The minimum Gasteiger partial charge on any atom is -0.461 e. The van der Waals surface area contributed by atoms with E-state index >= 15 is 0 Å². The molecule has 1 atom stereocenters. The fourth-order valence-corrected chi connectivity index (χ4v) is 5.10. The van der Waals surface area contributed by atoms with Crippen molar-refractivity contribution < 1.29 is 12.8 Å². The van der Waals surface area contributed by atoms with Crippen LogP contribution in [-0.4, -0.2) is 45.3 Å². The molecular weight excluding hydrogens is 378 g/mol. The summed E-state index contributed by atoms with van der Waals surface area (Å²) in [7, 11) is -3.59. The van der Waals surface area contributed by atoms with Crippen molar-refractivity contribution in [3.63, 3.8) is 0 Å². The molecule has 4 aromatic heterocycles. The van der Waals surface area contributed by atoms with E-state index in [1.165, 1.54) is 10.5 Å². The van der Waals surface area contributed by atoms with Crippen LogP contribution in [0, 0.1) is 0 Å². The number of imidazole rings is 1. The van der Waals surface area contributed by atoms with E-state index in [0.29, 0.717) is 31.1 Å². The highest BCUT2D eigenvalue weighted by Crippen LogP contribution is 2.34. The van der Waals surface area contributed by atoms with Crippen molar-refractivity contribution in [3.05, 3.63) is 61.3 Å². The summed E-state index contributed by atoms with van der Waals surface area (Å²) in [5.74, 6) is 1.29. The number of fused-ring (bicyclic) bond motifs is 1. The summed E-state index contributed by atoms with van der Waals surface area (Å²) in [6.45, 7) is 0.763. The highest BCUT2D eigenvalue weighted by molar-refractivity contribution is 7.89. The molecule has 0 radical (unpaired) electrons. The number of furan rings is 1. The van der Waals surface area contributed by atoms with Gasteiger partial charge in [0.2, 0.25) is 10.0 Å². The molecule has 1 saturated heterocycles. The Labute approximate surface area is 161 Å². The molecule has 1 fully saturated rings. The molecule has 0 aromatic carbocycles. The topological polar surface area (TPSA) is 94.1 Å². The second-order valence-corrected chi connectivity index (χ2v) is 8.56. The molecule has 8 nitrogen and oxygen atoms in total. The predicted octanol–water partition coefficient (Wildman–Crippen LogP) is 2.72. The lowest BCUT2D eigenvalue weighted by atomic mass is 10.2. The number of hydrogen-bond acceptors (Lipinski definition) is 6. The van der Waals surface area contributed by atoms with E-state index in [-0.39, 0.29) is 10.9 Å². The Kier molecular flexibility index (Phi) is 3.99. The van der Waals surface area contributed by atoms with E-state index in [1.807, 2.05) is 22.8 Å². The average molecular weight is 395 g/mol. The maximum absolute atomic E-state index is 13.0. The van der Waals surface area contributed by atoms with Gasteiger partial charge in [0.15, 0.2) is 17.2 Å². The minimum atomic E-state index is -3.59. The third-order valence-electron chi connectivity index (χ3n) is 4.95. The molecule has 28 heavy (non-hydrogen) atoms. The number of nitrogens with zero attached hydrogens (tertiary/aromatic N) is 5. The van der Waals surface area contributed by atoms with Crippen molar-refractivity contribution in [2.75, 3.05) is 13.1 Å². The number of hydrogen-bond donors (Lipinski definition) is 0. The number of pyridine rings is 2. The fraction of sp³-hybridized carbons (Fsp3) is 0.211. The van der Waals surface area contributed by atoms with Crippen LogP contribution >= 0.6 is 0 Å². The lowest BCUT2D eigenvalue weighted by Gasteiger charge is -2.18. The molecule has 0 saturated carbocycles. The summed E-state index contributed by atoms with van der Waals surface area (Å²) in [5, 5.41) is 0. The first-order valence-corrected chi connectivity index (χ1v) is 10.4. The van der Waals surface area contributed by atoms with Gasteiger partial charge < -0.3 is 8.98 Å². The quantitative estimate of drug-likeness (QED) is 0.527. The first-order valence-electron chi connectivity index (χ1n) is 8.91. The second-order valence-electron chi connectivity index (χ2n) is 6.62. The molecule has 1 aliphatic rings. The van der Waals surface area contributed by atoms with Crippen LogP contribution in [-0.2, 0) is 10.0 Å². The van der Waals surface area contributed by atoms with Crippen molar-refractivity contribution in [1.82, 2.24) is 23.8 Å². The van der Waals surface area contributed by atoms with Crippen molar-refractivity contribution >= 4 is 21.2 Å². The van der Waals surface area contributed by atoms with Gasteiger partial charge in [-0.2, -0.15) is 4.31 Å². The van der Waals surface area contributed by atoms with Crippen LogP contribution in [0.5, 0.6) is 0 Å². The third-order valence-corrected chi connectivity index (χ3v) is 6.80. The Hall–Kier alpha value is -3.04. The van der Waals surface area contributed by atoms with Crippen LogP contribution in [0.2, 0.25) is 0 Å². The molecule has 0 aliphatic carbocycles. The van der Waals surface area contributed by atoms with Crippen molar-refractivity contribution in [3.8, 4) is 11.6 Å². The van der Waals surface area contributed by atoms with E-state index in [1.54, 1.807) is 36.9 Å². The van der Waals surface area contributed by atoms with Crippen LogP contribution in [0.25, 0.3) is 22.7 Å². The molecule has 0 N–H and O–H groups in total. The minimum absolute atomic E-state index is 0.0913. The normalized spacial score (nSPS) is 18.1. The molecule has 5 rings (SSSR count). The molecule has 4 aromatic rings. The Balaban J connectivity index is 1.55. The number of sulfonamides is 1. The lowest BCUT2D eigenvalue weighted by molar-refractivity contribution is 0.453. The van der Waals surface area contributed by atoms with Crippen molar-refractivity contribution in [2.45, 2.75) is 17.4 Å². The maximum Gasteiger partial charge on any atom is 0.244 e. The molecule has 9 heteroatoms. The van der Waals surface area contributed by atoms with Gasteiger partial charge in [0.1, 0.15) is 10.4 Å². The summed E-state index contributed by atoms with van der Waals surface area (Å²) in [6.07, 6.45) is 6.91. The van der Waals surface area contributed by atoms with E-state index in [9.17, 15) is 8.42 Å². The summed E-state index contributed by atoms with van der Waals surface area (Å²) >= 11 is 0. The highest BCUT2D eigenvalue weighted by Gasteiger charge is 2.35. The SMILES string of the molecule is O=S(=O)(c1cccnc1)N1CCC(n2c(-c3ccco3)nc3cccnc32)C1. The van der Waals surface area contributed by atoms with Crippen molar-refractivity contribution in [1.29, 1.82) is 0 Å². The first-order chi connectivity index (χ1) is 13.6. The van der Waals surface area contributed by atoms with Crippen LogP contribution in [0.15, 0.2) is 70.6 Å². The van der Waals surface area contributed by atoms with Gasteiger partial charge in [0, 0.05) is 31.7 Å². The van der Waals surface area contributed by atoms with E-state index in [0.717, 1.165) is 11.2 Å². The standard InChI is InChI=1S/C19H17N5O3S/c25-28(26,15-4-1-8-20-12-15)23-10-7-14(13-23)24-18-16(5-2-9-21-18)22-19(24)17-6-3-11-27-17/h1-6,8-9,11-12,14H,7,10,13H2. The van der Waals surface area contributed by atoms with Crippen LogP contribution in [0.3, 0.4) is 0 Å². The van der Waals surface area contributed by atoms with Gasteiger partial charge in [-0.15, -0.1) is 0 Å². The molecular formula is C19H17N5O3S. The number of aromatic nitrogens is 4. The zero-order chi connectivity index (χ0) is 19.1. The Bertz CT molecular complexity index is 1220. The maximum atomic E-state index is 13.0. The Morgan fingerprint density at radius 3 is 2.79 bits per heavy atom. The molecule has 0 amide bonds. The first kappa shape index (κ1) is 17.1. The van der Waals surface area contributed by atoms with Crippen LogP contribution in [0.4, 0.5) is 0 Å². The second kappa shape index (κ2) is 6.54. The van der Waals surface area contributed by atoms with Crippen LogP contribution < -0.4 is 0 Å². The van der Waals surface area contributed by atoms with Gasteiger partial charge >= 0.3 is 0 Å². The van der Waals surface area contributed by atoms with Gasteiger partial charge in [-0.05, 0) is 42.8 Å². The molecule has 0 spiro atoms. The highest BCUT2D eigenvalue weighted by atomic mass is 32.2. The summed E-state index contributed by atoms with van der Waals surface area (Å²) < 4.78 is 35.0. The molecule has 1 unspecified atom stereocenters. The van der Waals surface area contributed by atoms with E-state index < -0.39 is 10.0 Å². The summed E-state index contributed by atoms with van der Waals surface area (Å²) in [5.41, 5.74) is 1.47. The van der Waals surface area contributed by atoms with Gasteiger partial charge in [0.25, 0.3) is 0 Å². The smallest absolute Gasteiger partial charge is 0.244 e. The Morgan fingerprint density at radius 1 is 1.11 bits per heavy atom. The Morgan fingerprint density at radius 2 is 2.00 bits per heavy atom. The predicted molar refractivity (Wildman–Crippen MR) is 102 cm³/mol. The van der Waals surface area contributed by atoms with Crippen molar-refractivity contribution in [2.24, 2.45) is 0 Å². The van der Waals surface area contributed by atoms with E-state index in [2.05, 4.69) is 15.0 Å². The van der Waals surface area contributed by atoms with Gasteiger partial charge in [-0.25, -0.2) is 18.4 Å². The van der Waals surface area contributed by atoms with Gasteiger partial charge in [0.05, 0.1) is 12.3 Å². The summed E-state index contributed by atoms with van der Waals surface area (Å²) in [4.78, 5) is 13.3. The van der Waals surface area contributed by atoms with Gasteiger partial charge in [-0.1, -0.05) is 0 Å². The zero-order valence-electron chi connectivity index (χ0n) is 14.8.